The van der Waals surface area contributed by atoms with Gasteiger partial charge in [-0.25, -0.2) is 0 Å². The van der Waals surface area contributed by atoms with E-state index in [0.717, 1.165) is 26.1 Å². The van der Waals surface area contributed by atoms with E-state index < -0.39 is 0 Å². The van der Waals surface area contributed by atoms with Gasteiger partial charge in [-0.1, -0.05) is 31.2 Å². The molecule has 1 saturated heterocycles. The van der Waals surface area contributed by atoms with Crippen molar-refractivity contribution >= 4 is 5.91 Å². The summed E-state index contributed by atoms with van der Waals surface area (Å²) in [6, 6.07) is 10.6. The monoisotopic (exact) mass is 312 g/mol. The molecule has 122 valence electrons. The lowest BCUT2D eigenvalue weighted by Crippen LogP contribution is -2.48. The highest BCUT2D eigenvalue weighted by molar-refractivity contribution is 5.76. The van der Waals surface area contributed by atoms with Gasteiger partial charge in [-0.05, 0) is 23.6 Å². The fourth-order valence-corrected chi connectivity index (χ4v) is 3.06. The minimum atomic E-state index is 0.125. The third-order valence-electron chi connectivity index (χ3n) is 4.45. The second kappa shape index (κ2) is 7.42. The van der Waals surface area contributed by atoms with Crippen molar-refractivity contribution in [2.45, 2.75) is 32.4 Å². The summed E-state index contributed by atoms with van der Waals surface area (Å²) < 4.78 is 1.81. The molecular weight excluding hydrogens is 288 g/mol. The molecule has 0 spiro atoms. The maximum absolute atomic E-state index is 12.7. The van der Waals surface area contributed by atoms with Gasteiger partial charge in [0, 0.05) is 45.0 Å². The van der Waals surface area contributed by atoms with E-state index in [9.17, 15) is 4.79 Å². The van der Waals surface area contributed by atoms with Crippen LogP contribution in [0, 0.1) is 0 Å². The van der Waals surface area contributed by atoms with Crippen molar-refractivity contribution in [3.05, 3.63) is 53.9 Å². The first-order chi connectivity index (χ1) is 11.3. The lowest BCUT2D eigenvalue weighted by molar-refractivity contribution is -0.134. The number of hydrogen-bond donors (Lipinski definition) is 1. The molecule has 0 radical (unpaired) electrons. The second-order valence-electron chi connectivity index (χ2n) is 5.92. The van der Waals surface area contributed by atoms with E-state index >= 15 is 0 Å². The van der Waals surface area contributed by atoms with Crippen molar-refractivity contribution < 1.29 is 4.79 Å². The maximum atomic E-state index is 12.7. The van der Waals surface area contributed by atoms with Crippen LogP contribution in [0.1, 0.15) is 30.5 Å². The first-order valence-electron chi connectivity index (χ1n) is 8.34. The predicted octanol–water partition coefficient (Wildman–Crippen LogP) is 2.01. The highest BCUT2D eigenvalue weighted by Crippen LogP contribution is 2.23. The van der Waals surface area contributed by atoms with Gasteiger partial charge in [0.15, 0.2) is 0 Å². The molecule has 23 heavy (non-hydrogen) atoms. The van der Waals surface area contributed by atoms with Crippen LogP contribution in [0.25, 0.3) is 0 Å². The van der Waals surface area contributed by atoms with Crippen LogP contribution in [0.5, 0.6) is 0 Å². The molecule has 2 aromatic rings. The van der Waals surface area contributed by atoms with Gasteiger partial charge in [-0.2, -0.15) is 5.10 Å². The predicted molar refractivity (Wildman–Crippen MR) is 90.0 cm³/mol. The molecule has 1 aliphatic heterocycles. The van der Waals surface area contributed by atoms with Crippen LogP contribution < -0.4 is 5.32 Å². The molecule has 0 saturated carbocycles. The number of benzene rings is 1. The lowest BCUT2D eigenvalue weighted by atomic mass is 10.0. The van der Waals surface area contributed by atoms with Gasteiger partial charge in [0.1, 0.15) is 0 Å². The second-order valence-corrected chi connectivity index (χ2v) is 5.92. The number of rotatable bonds is 5. The SMILES string of the molecule is CCc1ccc(C2CNCCN2C(=O)CCn2cccn2)cc1. The molecule has 1 N–H and O–H groups in total. The van der Waals surface area contributed by atoms with Crippen molar-refractivity contribution in [1.82, 2.24) is 20.0 Å². The minimum absolute atomic E-state index is 0.125. The average molecular weight is 312 g/mol. The van der Waals surface area contributed by atoms with Crippen molar-refractivity contribution in [3.63, 3.8) is 0 Å². The Morgan fingerprint density at radius 1 is 1.35 bits per heavy atom. The molecule has 1 atom stereocenters. The normalized spacial score (nSPS) is 18.1. The molecule has 1 aromatic carbocycles. The zero-order valence-electron chi connectivity index (χ0n) is 13.6. The van der Waals surface area contributed by atoms with Gasteiger partial charge in [0.25, 0.3) is 0 Å². The number of hydrogen-bond acceptors (Lipinski definition) is 3. The zero-order chi connectivity index (χ0) is 16.1. The molecule has 1 aromatic heterocycles. The van der Waals surface area contributed by atoms with E-state index in [-0.39, 0.29) is 11.9 Å². The van der Waals surface area contributed by atoms with Gasteiger partial charge in [0.05, 0.1) is 6.04 Å². The van der Waals surface area contributed by atoms with Crippen LogP contribution in [-0.2, 0) is 17.8 Å². The van der Waals surface area contributed by atoms with Gasteiger partial charge in [-0.3, -0.25) is 9.48 Å². The number of piperazine rings is 1. The Bertz CT molecular complexity index is 621. The Hall–Kier alpha value is -2.14. The lowest BCUT2D eigenvalue weighted by Gasteiger charge is -2.36. The number of carbonyl (C=O) groups is 1. The van der Waals surface area contributed by atoms with E-state index in [2.05, 4.69) is 41.6 Å². The smallest absolute Gasteiger partial charge is 0.225 e. The highest BCUT2D eigenvalue weighted by Gasteiger charge is 2.27. The van der Waals surface area contributed by atoms with Gasteiger partial charge in [-0.15, -0.1) is 0 Å². The quantitative estimate of drug-likeness (QED) is 0.919. The van der Waals surface area contributed by atoms with Gasteiger partial charge >= 0.3 is 0 Å². The van der Waals surface area contributed by atoms with Gasteiger partial charge in [0.2, 0.25) is 5.91 Å². The van der Waals surface area contributed by atoms with Gasteiger partial charge < -0.3 is 10.2 Å². The number of aromatic nitrogens is 2. The number of nitrogens with one attached hydrogen (secondary N) is 1. The van der Waals surface area contributed by atoms with E-state index in [0.29, 0.717) is 13.0 Å². The standard InChI is InChI=1S/C18H24N4O/c1-2-15-4-6-16(7-5-15)17-14-19-10-13-22(17)18(23)8-12-21-11-3-9-20-21/h3-7,9,11,17,19H,2,8,10,12-14H2,1H3. The van der Waals surface area contributed by atoms with Crippen LogP contribution in [0.15, 0.2) is 42.7 Å². The zero-order valence-corrected chi connectivity index (χ0v) is 13.6. The third kappa shape index (κ3) is 3.79. The molecule has 1 unspecified atom stereocenters. The topological polar surface area (TPSA) is 50.2 Å². The van der Waals surface area contributed by atoms with Crippen molar-refractivity contribution in [2.24, 2.45) is 0 Å². The molecule has 5 heteroatoms. The summed E-state index contributed by atoms with van der Waals surface area (Å²) in [7, 11) is 0. The van der Waals surface area contributed by atoms with E-state index in [4.69, 9.17) is 0 Å². The Morgan fingerprint density at radius 3 is 2.87 bits per heavy atom. The molecule has 2 heterocycles. The summed E-state index contributed by atoms with van der Waals surface area (Å²) in [6.45, 7) is 5.23. The van der Waals surface area contributed by atoms with Crippen LogP contribution in [0.2, 0.25) is 0 Å². The van der Waals surface area contributed by atoms with Crippen LogP contribution >= 0.6 is 0 Å². The summed E-state index contributed by atoms with van der Waals surface area (Å²) in [5.74, 6) is 0.201. The molecule has 1 aliphatic rings. The van der Waals surface area contributed by atoms with Crippen LogP contribution in [0.3, 0.4) is 0 Å². The number of nitrogens with zero attached hydrogens (tertiary/aromatic N) is 3. The Labute approximate surface area is 137 Å². The van der Waals surface area contributed by atoms with E-state index in [1.807, 2.05) is 21.8 Å². The molecule has 3 rings (SSSR count). The Morgan fingerprint density at radius 2 is 2.17 bits per heavy atom. The molecular formula is C18H24N4O. The van der Waals surface area contributed by atoms with Crippen molar-refractivity contribution in [3.8, 4) is 0 Å². The molecule has 5 nitrogen and oxygen atoms in total. The number of aryl methyl sites for hydroxylation is 2. The Balaban J connectivity index is 1.68. The summed E-state index contributed by atoms with van der Waals surface area (Å²) >= 11 is 0. The van der Waals surface area contributed by atoms with Crippen LogP contribution in [0.4, 0.5) is 0 Å². The minimum Gasteiger partial charge on any atom is -0.333 e. The average Bonchev–Trinajstić information content (AvgIpc) is 3.13. The Kier molecular flexibility index (Phi) is 5.08. The first-order valence-corrected chi connectivity index (χ1v) is 8.34. The number of carbonyl (C=O) groups excluding carboxylic acids is 1. The molecule has 1 fully saturated rings. The van der Waals surface area contributed by atoms with Crippen LogP contribution in [-0.4, -0.2) is 40.2 Å². The largest absolute Gasteiger partial charge is 0.333 e. The fraction of sp³-hybridized carbons (Fsp3) is 0.444. The van der Waals surface area contributed by atoms with Crippen molar-refractivity contribution in [2.75, 3.05) is 19.6 Å². The summed E-state index contributed by atoms with van der Waals surface area (Å²) in [5, 5.41) is 7.57. The van der Waals surface area contributed by atoms with E-state index in [1.54, 1.807) is 6.20 Å². The molecule has 0 bridgehead atoms. The highest BCUT2D eigenvalue weighted by atomic mass is 16.2. The maximum Gasteiger partial charge on any atom is 0.225 e. The van der Waals surface area contributed by atoms with E-state index in [1.165, 1.54) is 11.1 Å². The third-order valence-corrected chi connectivity index (χ3v) is 4.45. The summed E-state index contributed by atoms with van der Waals surface area (Å²) in [4.78, 5) is 14.7. The number of amides is 1. The molecule has 1 amide bonds. The van der Waals surface area contributed by atoms with Crippen molar-refractivity contribution in [1.29, 1.82) is 0 Å². The fourth-order valence-electron chi connectivity index (χ4n) is 3.06. The summed E-state index contributed by atoms with van der Waals surface area (Å²) in [5.41, 5.74) is 2.54. The molecule has 0 aliphatic carbocycles. The summed E-state index contributed by atoms with van der Waals surface area (Å²) in [6.07, 6.45) is 5.17. The first kappa shape index (κ1) is 15.7.